The van der Waals surface area contributed by atoms with Crippen molar-refractivity contribution in [1.29, 1.82) is 0 Å². The Bertz CT molecular complexity index is 4100. The third-order valence-electron chi connectivity index (χ3n) is 19.5. The molecule has 0 radical (unpaired) electrons. The summed E-state index contributed by atoms with van der Waals surface area (Å²) in [5, 5.41) is 18.2. The van der Waals surface area contributed by atoms with Crippen molar-refractivity contribution in [2.24, 2.45) is 29.4 Å². The first-order chi connectivity index (χ1) is 50.9. The lowest BCUT2D eigenvalue weighted by Gasteiger charge is -2.27. The van der Waals surface area contributed by atoms with Gasteiger partial charge in [-0.15, -0.1) is 0 Å². The number of carbonyl (C=O) groups excluding carboxylic acids is 5. The number of amides is 2. The van der Waals surface area contributed by atoms with Gasteiger partial charge in [0.2, 0.25) is 0 Å². The summed E-state index contributed by atoms with van der Waals surface area (Å²) in [4.78, 5) is 87.7. The fraction of sp³-hybridized carbons (Fsp3) is 0.415. The Labute approximate surface area is 617 Å². The topological polar surface area (TPSA) is 245 Å². The van der Waals surface area contributed by atoms with Crippen LogP contribution in [-0.4, -0.2) is 97.9 Å². The number of aliphatic hydroxyl groups excluding tert-OH is 2. The number of allylic oxidation sites excluding steroid dienone is 1. The van der Waals surface area contributed by atoms with E-state index in [0.29, 0.717) is 83.5 Å². The van der Waals surface area contributed by atoms with Gasteiger partial charge in [0.05, 0.1) is 51.9 Å². The molecule has 4 N–H and O–H groups in total. The number of hydrogen-bond acceptors (Lipinski definition) is 15. The average molecular weight is 1480 g/mol. The Morgan fingerprint density at radius 1 is 0.449 bits per heavy atom. The number of hydrogen-bond donors (Lipinski definition) is 3. The summed E-state index contributed by atoms with van der Waals surface area (Å²) in [6.45, 7) is 7.81. The zero-order chi connectivity index (χ0) is 77.4. The molecule has 0 saturated heterocycles. The number of benzene rings is 1. The molecule has 568 valence electrons. The number of aldehydes is 1. The zero-order valence-electron chi connectivity index (χ0n) is 60.3. The van der Waals surface area contributed by atoms with Gasteiger partial charge in [-0.25, -0.2) is 0 Å². The Kier molecular flexibility index (Phi) is 30.5. The highest BCUT2D eigenvalue weighted by molar-refractivity contribution is 6.21. The third kappa shape index (κ3) is 25.5. The van der Waals surface area contributed by atoms with Crippen molar-refractivity contribution in [1.82, 2.24) is 39.8 Å². The fourth-order valence-corrected chi connectivity index (χ4v) is 13.4. The van der Waals surface area contributed by atoms with Crippen LogP contribution in [0, 0.1) is 51.4 Å². The highest BCUT2D eigenvalue weighted by Crippen LogP contribution is 2.38. The standard InChI is InChI=1S/C20H20N2O2.C12H10F3NO.C12H18N2.C12H17NO.C12H15NO.C7H6F3NO.C7H4F3NO/c1-13-9-10-15(21-12-13)11-14-5-4-8-18(14)22-19(23)16-6-2-3-7-17(16)20(22)24;13-12(14,15)9-4-5-10(16-7-9)6-8-2-1-3-11(8)17;1-9-5-6-11(14-8-9)7-10-3-2-4-12(10)13;2*1-9-5-6-11(13-8-9)7-10-3-2-4-12(10)14;2*8-7(9,10)5-1-2-6(4-12)11-3-5/h2-3,6-7,9-10,12,14,18H,4-5,8,11H2,1H3;4-7H,1-3H2;5-6,8,10,12H,2-4,7,13H2,1H3;5-6,8,10,12,14H,2-4,7H2,1H3;5-6,8,10H,2-4,7H2,1H3;1-3,12H,4H2;1-4H/b;8-6+;;;;;. The molecule has 14 rings (SSSR count). The number of aryl methyl sites for hydroxylation is 4. The minimum absolute atomic E-state index is 0.0111. The van der Waals surface area contributed by atoms with Crippen molar-refractivity contribution >= 4 is 35.7 Å². The molecule has 7 aromatic heterocycles. The molecule has 8 aromatic rings. The molecule has 5 saturated carbocycles. The molecule has 8 heterocycles. The first-order valence-corrected chi connectivity index (χ1v) is 35.9. The smallest absolute Gasteiger partial charge is 0.393 e. The lowest BCUT2D eigenvalue weighted by Crippen LogP contribution is -2.42. The van der Waals surface area contributed by atoms with Gasteiger partial charge >= 0.3 is 18.5 Å². The van der Waals surface area contributed by atoms with Gasteiger partial charge in [-0.3, -0.25) is 63.8 Å². The molecule has 107 heavy (non-hydrogen) atoms. The number of nitrogens with two attached hydrogens (primary N) is 1. The van der Waals surface area contributed by atoms with Crippen molar-refractivity contribution in [3.8, 4) is 0 Å². The van der Waals surface area contributed by atoms with E-state index >= 15 is 0 Å². The molecule has 0 bridgehead atoms. The summed E-state index contributed by atoms with van der Waals surface area (Å²) in [5.41, 5.74) is 15.1. The molecule has 2 amide bonds. The number of rotatable bonds is 12. The average Bonchev–Trinajstić information content (AvgIpc) is 1.61. The second-order valence-corrected chi connectivity index (χ2v) is 27.8. The maximum absolute atomic E-state index is 12.7. The van der Waals surface area contributed by atoms with Crippen LogP contribution in [0.15, 0.2) is 158 Å². The molecular formula is C82H90F9N9O7. The van der Waals surface area contributed by atoms with Gasteiger partial charge in [0.1, 0.15) is 11.5 Å². The summed E-state index contributed by atoms with van der Waals surface area (Å²) in [6.07, 6.45) is 17.0. The number of pyridine rings is 7. The van der Waals surface area contributed by atoms with E-state index < -0.39 is 35.2 Å². The molecule has 25 heteroatoms. The van der Waals surface area contributed by atoms with Gasteiger partial charge in [-0.2, -0.15) is 39.5 Å². The molecule has 1 aliphatic heterocycles. The highest BCUT2D eigenvalue weighted by atomic mass is 19.4. The van der Waals surface area contributed by atoms with Crippen LogP contribution in [0.5, 0.6) is 0 Å². The molecule has 1 aromatic carbocycles. The molecule has 5 aliphatic carbocycles. The molecule has 0 spiro atoms. The molecular weight excluding hydrogens is 1390 g/mol. The van der Waals surface area contributed by atoms with Crippen LogP contribution in [-0.2, 0) is 60.4 Å². The highest BCUT2D eigenvalue weighted by Gasteiger charge is 2.44. The van der Waals surface area contributed by atoms with Crippen LogP contribution in [0.25, 0.3) is 6.08 Å². The normalized spacial score (nSPS) is 20.5. The number of Topliss-reactive ketones (excluding diaryl/α,β-unsaturated/α-hetero) is 2. The molecule has 6 aliphatic rings. The van der Waals surface area contributed by atoms with Gasteiger partial charge in [0.25, 0.3) is 11.8 Å². The van der Waals surface area contributed by atoms with Crippen molar-refractivity contribution in [3.05, 3.63) is 248 Å². The van der Waals surface area contributed by atoms with Crippen LogP contribution in [0.4, 0.5) is 39.5 Å². The summed E-state index contributed by atoms with van der Waals surface area (Å²) < 4.78 is 108. The van der Waals surface area contributed by atoms with E-state index in [1.54, 1.807) is 18.2 Å². The van der Waals surface area contributed by atoms with Crippen LogP contribution in [0.3, 0.4) is 0 Å². The van der Waals surface area contributed by atoms with Crippen molar-refractivity contribution < 1.29 is 73.7 Å². The number of aliphatic hydroxyl groups is 2. The quantitative estimate of drug-likeness (QED) is 0.0445. The maximum atomic E-state index is 12.7. The largest absolute Gasteiger partial charge is 0.417 e. The van der Waals surface area contributed by atoms with E-state index in [0.717, 1.165) is 149 Å². The van der Waals surface area contributed by atoms with Crippen molar-refractivity contribution in [2.45, 2.75) is 193 Å². The number of imide groups is 1. The van der Waals surface area contributed by atoms with E-state index in [9.17, 15) is 68.6 Å². The number of nitrogens with zero attached hydrogens (tertiary/aromatic N) is 8. The van der Waals surface area contributed by atoms with Crippen molar-refractivity contribution in [3.63, 3.8) is 0 Å². The maximum Gasteiger partial charge on any atom is 0.417 e. The summed E-state index contributed by atoms with van der Waals surface area (Å²) in [7, 11) is 0. The fourth-order valence-electron chi connectivity index (χ4n) is 13.4. The first kappa shape index (κ1) is 83.1. The number of aromatic nitrogens is 7. The number of halogens is 9. The van der Waals surface area contributed by atoms with Gasteiger partial charge in [-0.1, -0.05) is 55.7 Å². The molecule has 5 fully saturated rings. The van der Waals surface area contributed by atoms with E-state index in [1.807, 2.05) is 69.8 Å². The third-order valence-corrected chi connectivity index (χ3v) is 19.5. The van der Waals surface area contributed by atoms with E-state index in [2.05, 4.69) is 78.2 Å². The Morgan fingerprint density at radius 3 is 1.26 bits per heavy atom. The van der Waals surface area contributed by atoms with E-state index in [-0.39, 0.29) is 53.7 Å². The van der Waals surface area contributed by atoms with Gasteiger partial charge in [0, 0.05) is 97.0 Å². The van der Waals surface area contributed by atoms with Crippen LogP contribution < -0.4 is 5.73 Å². The second-order valence-electron chi connectivity index (χ2n) is 27.8. The van der Waals surface area contributed by atoms with Crippen LogP contribution in [0.2, 0.25) is 0 Å². The Hall–Kier alpha value is -9.59. The van der Waals surface area contributed by atoms with E-state index in [1.165, 1.54) is 52.6 Å². The number of fused-ring (bicyclic) bond motifs is 1. The predicted octanol–water partition coefficient (Wildman–Crippen LogP) is 16.6. The van der Waals surface area contributed by atoms with Gasteiger partial charge in [-0.05, 0) is 242 Å². The lowest BCUT2D eigenvalue weighted by atomic mass is 9.96. The number of alkyl halides is 9. The minimum atomic E-state index is -4.39. The van der Waals surface area contributed by atoms with Crippen LogP contribution >= 0.6 is 0 Å². The SMILES string of the molecule is Cc1ccc(CC2CCCC2=O)nc1.Cc1ccc(CC2CCCC2N)nc1.Cc1ccc(CC2CCCC2N2C(=O)c3ccccc3C2=O)nc1.Cc1ccc(CC2CCCC2O)nc1.O=C1CCC/C1=C\c1ccc(C(F)(F)F)cn1.O=Cc1ccc(C(F)(F)F)cn1.OCc1ccc(C(F)(F)F)cn1. The summed E-state index contributed by atoms with van der Waals surface area (Å²) in [6, 6.07) is 30.2. The Morgan fingerprint density at radius 2 is 0.879 bits per heavy atom. The predicted molar refractivity (Wildman–Crippen MR) is 386 cm³/mol. The second kappa shape index (κ2) is 39.3. The lowest BCUT2D eigenvalue weighted by molar-refractivity contribution is -0.138. The minimum Gasteiger partial charge on any atom is -0.393 e. The zero-order valence-corrected chi connectivity index (χ0v) is 60.3. The summed E-state index contributed by atoms with van der Waals surface area (Å²) in [5.74, 6) is 1.84. The van der Waals surface area contributed by atoms with Crippen molar-refractivity contribution in [2.75, 3.05) is 0 Å². The number of ketones is 2. The molecule has 7 unspecified atom stereocenters. The van der Waals surface area contributed by atoms with Crippen LogP contribution in [0.1, 0.15) is 201 Å². The molecule has 16 nitrogen and oxygen atoms in total. The monoisotopic (exact) mass is 1480 g/mol. The Balaban J connectivity index is 0.000000160. The van der Waals surface area contributed by atoms with Gasteiger partial charge in [0.15, 0.2) is 12.1 Å². The first-order valence-electron chi connectivity index (χ1n) is 35.9. The summed E-state index contributed by atoms with van der Waals surface area (Å²) >= 11 is 0. The van der Waals surface area contributed by atoms with Gasteiger partial charge < -0.3 is 15.9 Å². The number of carbonyl (C=O) groups is 5. The van der Waals surface area contributed by atoms with E-state index in [4.69, 9.17) is 10.8 Å². The molecule has 7 atom stereocenters.